The van der Waals surface area contributed by atoms with Gasteiger partial charge in [0.2, 0.25) is 0 Å². The molecule has 1 saturated heterocycles. The molecule has 1 fully saturated rings. The van der Waals surface area contributed by atoms with Crippen molar-refractivity contribution in [1.29, 1.82) is 0 Å². The van der Waals surface area contributed by atoms with Crippen LogP contribution in [-0.4, -0.2) is 25.2 Å². The van der Waals surface area contributed by atoms with E-state index < -0.39 is 0 Å². The molecule has 27 heavy (non-hydrogen) atoms. The molecule has 0 amide bonds. The summed E-state index contributed by atoms with van der Waals surface area (Å²) in [5.74, 6) is 0.837. The van der Waals surface area contributed by atoms with Crippen molar-refractivity contribution in [2.24, 2.45) is 0 Å². The van der Waals surface area contributed by atoms with Gasteiger partial charge in [-0.05, 0) is 61.3 Å². The molecule has 2 N–H and O–H groups in total. The lowest BCUT2D eigenvalue weighted by Crippen LogP contribution is -2.38. The zero-order chi connectivity index (χ0) is 18.1. The molecular formula is C21H23Cl2N3O. The standard InChI is InChI=1S/C21H22ClN3O.ClH/c1-14-17(4-3-5-18(14)22)21(9-11-23-13-21)25-15-6-7-16-19(12-15)24-10-8-20(16)26-2;/h3-8,10,12,23,25H,9,11,13H2,1-2H3;1H. The summed E-state index contributed by atoms with van der Waals surface area (Å²) in [7, 11) is 1.68. The molecule has 6 heteroatoms. The molecule has 0 aliphatic carbocycles. The fraction of sp³-hybridized carbons (Fsp3) is 0.286. The average molecular weight is 404 g/mol. The molecule has 4 nitrogen and oxygen atoms in total. The number of hydrogen-bond acceptors (Lipinski definition) is 4. The Balaban J connectivity index is 0.00000210. The summed E-state index contributed by atoms with van der Waals surface area (Å²) in [5.41, 5.74) is 4.15. The van der Waals surface area contributed by atoms with Crippen molar-refractivity contribution in [3.8, 4) is 5.75 Å². The first kappa shape index (κ1) is 19.7. The van der Waals surface area contributed by atoms with Gasteiger partial charge in [-0.1, -0.05) is 23.7 Å². The molecule has 1 unspecified atom stereocenters. The minimum Gasteiger partial charge on any atom is -0.496 e. The Labute approximate surface area is 170 Å². The van der Waals surface area contributed by atoms with E-state index in [-0.39, 0.29) is 17.9 Å². The summed E-state index contributed by atoms with van der Waals surface area (Å²) < 4.78 is 5.43. The van der Waals surface area contributed by atoms with Crippen LogP contribution in [0.25, 0.3) is 10.9 Å². The van der Waals surface area contributed by atoms with Crippen LogP contribution in [0.2, 0.25) is 5.02 Å². The van der Waals surface area contributed by atoms with Gasteiger partial charge in [-0.15, -0.1) is 12.4 Å². The third-order valence-corrected chi connectivity index (χ3v) is 5.65. The molecule has 1 aromatic heterocycles. The highest BCUT2D eigenvalue weighted by atomic mass is 35.5. The van der Waals surface area contributed by atoms with Gasteiger partial charge in [-0.3, -0.25) is 4.98 Å². The van der Waals surface area contributed by atoms with Crippen LogP contribution in [0, 0.1) is 6.92 Å². The lowest BCUT2D eigenvalue weighted by atomic mass is 9.85. The maximum atomic E-state index is 6.40. The fourth-order valence-corrected chi connectivity index (χ4v) is 4.05. The van der Waals surface area contributed by atoms with Crippen LogP contribution in [0.15, 0.2) is 48.7 Å². The van der Waals surface area contributed by atoms with Gasteiger partial charge in [0.25, 0.3) is 0 Å². The number of fused-ring (bicyclic) bond motifs is 1. The summed E-state index contributed by atoms with van der Waals surface area (Å²) >= 11 is 6.40. The summed E-state index contributed by atoms with van der Waals surface area (Å²) in [6.45, 7) is 3.92. The van der Waals surface area contributed by atoms with E-state index in [1.54, 1.807) is 13.3 Å². The van der Waals surface area contributed by atoms with E-state index in [0.29, 0.717) is 0 Å². The van der Waals surface area contributed by atoms with E-state index in [4.69, 9.17) is 16.3 Å². The number of nitrogens with one attached hydrogen (secondary N) is 2. The van der Waals surface area contributed by atoms with Gasteiger partial charge in [0, 0.05) is 28.8 Å². The molecular weight excluding hydrogens is 381 g/mol. The van der Waals surface area contributed by atoms with E-state index >= 15 is 0 Å². The molecule has 2 aromatic carbocycles. The lowest BCUT2D eigenvalue weighted by molar-refractivity contribution is 0.419. The van der Waals surface area contributed by atoms with Gasteiger partial charge < -0.3 is 15.4 Å². The number of aromatic nitrogens is 1. The Bertz CT molecular complexity index is 955. The minimum absolute atomic E-state index is 0. The number of pyridine rings is 1. The van der Waals surface area contributed by atoms with Crippen molar-refractivity contribution < 1.29 is 4.74 Å². The zero-order valence-electron chi connectivity index (χ0n) is 15.4. The number of rotatable bonds is 4. The number of methoxy groups -OCH3 is 1. The summed E-state index contributed by atoms with van der Waals surface area (Å²) in [4.78, 5) is 4.50. The van der Waals surface area contributed by atoms with Crippen molar-refractivity contribution in [3.05, 3.63) is 64.8 Å². The van der Waals surface area contributed by atoms with Gasteiger partial charge in [0.15, 0.2) is 0 Å². The second-order valence-electron chi connectivity index (χ2n) is 6.79. The maximum absolute atomic E-state index is 6.40. The molecule has 1 atom stereocenters. The second-order valence-corrected chi connectivity index (χ2v) is 7.20. The quantitative estimate of drug-likeness (QED) is 0.648. The molecule has 2 heterocycles. The molecule has 3 aromatic rings. The molecule has 0 radical (unpaired) electrons. The number of nitrogens with zero attached hydrogens (tertiary/aromatic N) is 1. The van der Waals surface area contributed by atoms with E-state index in [9.17, 15) is 0 Å². The van der Waals surface area contributed by atoms with Crippen LogP contribution in [0.3, 0.4) is 0 Å². The van der Waals surface area contributed by atoms with Crippen molar-refractivity contribution in [3.63, 3.8) is 0 Å². The van der Waals surface area contributed by atoms with Gasteiger partial charge in [-0.25, -0.2) is 0 Å². The summed E-state index contributed by atoms with van der Waals surface area (Å²) in [6, 6.07) is 14.3. The van der Waals surface area contributed by atoms with Crippen LogP contribution in [-0.2, 0) is 5.54 Å². The summed E-state index contributed by atoms with van der Waals surface area (Å²) in [6.07, 6.45) is 2.77. The number of hydrogen-bond donors (Lipinski definition) is 2. The average Bonchev–Trinajstić information content (AvgIpc) is 3.12. The number of ether oxygens (including phenoxy) is 1. The highest BCUT2D eigenvalue weighted by molar-refractivity contribution is 6.31. The number of benzene rings is 2. The Morgan fingerprint density at radius 2 is 2.07 bits per heavy atom. The smallest absolute Gasteiger partial charge is 0.129 e. The summed E-state index contributed by atoms with van der Waals surface area (Å²) in [5, 5.41) is 9.08. The van der Waals surface area contributed by atoms with Crippen LogP contribution >= 0.6 is 24.0 Å². The first-order chi connectivity index (χ1) is 12.6. The first-order valence-electron chi connectivity index (χ1n) is 8.80. The van der Waals surface area contributed by atoms with Gasteiger partial charge in [0.05, 0.1) is 18.2 Å². The maximum Gasteiger partial charge on any atom is 0.129 e. The normalized spacial score (nSPS) is 18.9. The highest BCUT2D eigenvalue weighted by Gasteiger charge is 2.37. The van der Waals surface area contributed by atoms with Crippen molar-refractivity contribution in [2.45, 2.75) is 18.9 Å². The minimum atomic E-state index is -0.179. The Morgan fingerprint density at radius 1 is 1.22 bits per heavy atom. The van der Waals surface area contributed by atoms with Crippen LogP contribution in [0.1, 0.15) is 17.5 Å². The molecule has 4 rings (SSSR count). The number of anilines is 1. The first-order valence-corrected chi connectivity index (χ1v) is 9.18. The van der Waals surface area contributed by atoms with E-state index in [1.807, 2.05) is 18.2 Å². The fourth-order valence-electron chi connectivity index (χ4n) is 3.88. The lowest BCUT2D eigenvalue weighted by Gasteiger charge is -2.33. The van der Waals surface area contributed by atoms with Crippen molar-refractivity contribution in [1.82, 2.24) is 10.3 Å². The highest BCUT2D eigenvalue weighted by Crippen LogP contribution is 2.37. The second kappa shape index (κ2) is 7.93. The Hall–Kier alpha value is -2.01. The van der Waals surface area contributed by atoms with Crippen LogP contribution in [0.5, 0.6) is 5.75 Å². The van der Waals surface area contributed by atoms with E-state index in [1.165, 1.54) is 5.56 Å². The molecule has 0 spiro atoms. The monoisotopic (exact) mass is 403 g/mol. The Morgan fingerprint density at radius 3 is 2.81 bits per heavy atom. The Kier molecular flexibility index (Phi) is 5.80. The van der Waals surface area contributed by atoms with Crippen LogP contribution < -0.4 is 15.4 Å². The predicted octanol–water partition coefficient (Wildman–Crippen LogP) is 4.93. The molecule has 0 saturated carbocycles. The third kappa shape index (κ3) is 3.57. The zero-order valence-corrected chi connectivity index (χ0v) is 17.0. The van der Waals surface area contributed by atoms with E-state index in [0.717, 1.165) is 52.4 Å². The van der Waals surface area contributed by atoms with Gasteiger partial charge in [-0.2, -0.15) is 0 Å². The number of halogens is 2. The predicted molar refractivity (Wildman–Crippen MR) is 115 cm³/mol. The van der Waals surface area contributed by atoms with Gasteiger partial charge in [0.1, 0.15) is 5.75 Å². The molecule has 1 aliphatic rings. The van der Waals surface area contributed by atoms with Crippen LogP contribution in [0.4, 0.5) is 5.69 Å². The van der Waals surface area contributed by atoms with E-state index in [2.05, 4.69) is 46.8 Å². The third-order valence-electron chi connectivity index (χ3n) is 5.24. The molecule has 142 valence electrons. The largest absolute Gasteiger partial charge is 0.496 e. The van der Waals surface area contributed by atoms with Crippen molar-refractivity contribution >= 4 is 40.6 Å². The van der Waals surface area contributed by atoms with Crippen molar-refractivity contribution in [2.75, 3.05) is 25.5 Å². The van der Waals surface area contributed by atoms with Gasteiger partial charge >= 0.3 is 0 Å². The SMILES string of the molecule is COc1ccnc2cc(NC3(c4cccc(Cl)c4C)CCNC3)ccc12.Cl. The molecule has 1 aliphatic heterocycles. The topological polar surface area (TPSA) is 46.2 Å². The molecule has 0 bridgehead atoms.